The van der Waals surface area contributed by atoms with Gasteiger partial charge in [-0.05, 0) is 13.5 Å². The predicted octanol–water partition coefficient (Wildman–Crippen LogP) is 0.826. The lowest BCUT2D eigenvalue weighted by atomic mass is 10.4. The quantitative estimate of drug-likeness (QED) is 0.523. The van der Waals surface area contributed by atoms with Crippen LogP contribution in [0.15, 0.2) is 0 Å². The second-order valence-electron chi connectivity index (χ2n) is 3.87. The Morgan fingerprint density at radius 1 is 1.18 bits per heavy atom. The number of alkyl halides is 2. The van der Waals surface area contributed by atoms with E-state index in [0.717, 1.165) is 32.6 Å². The first kappa shape index (κ1) is 16.7. The van der Waals surface area contributed by atoms with Crippen LogP contribution in [0.4, 0.5) is 8.78 Å². The average molecular weight is 254 g/mol. The molecular weight excluding hydrogens is 230 g/mol. The maximum atomic E-state index is 11.7. The molecule has 0 radical (unpaired) electrons. The summed E-state index contributed by atoms with van der Waals surface area (Å²) in [5.74, 6) is 0. The smallest absolute Gasteiger partial charge is 0.261 e. The summed E-state index contributed by atoms with van der Waals surface area (Å²) in [5, 5.41) is 3.24. The van der Waals surface area contributed by atoms with E-state index in [4.69, 9.17) is 9.47 Å². The first-order chi connectivity index (χ1) is 8.16. The Morgan fingerprint density at radius 3 is 2.59 bits per heavy atom. The van der Waals surface area contributed by atoms with Gasteiger partial charge in [-0.3, -0.25) is 0 Å². The molecule has 0 heterocycles. The molecule has 0 amide bonds. The highest BCUT2D eigenvalue weighted by Crippen LogP contribution is 1.94. The van der Waals surface area contributed by atoms with Crippen LogP contribution in [0.5, 0.6) is 0 Å². The van der Waals surface area contributed by atoms with Gasteiger partial charge in [-0.2, -0.15) is 0 Å². The molecule has 0 spiro atoms. The third-order valence-electron chi connectivity index (χ3n) is 2.23. The van der Waals surface area contributed by atoms with E-state index in [1.807, 2.05) is 7.05 Å². The van der Waals surface area contributed by atoms with Gasteiger partial charge in [0.25, 0.3) is 6.43 Å². The summed E-state index contributed by atoms with van der Waals surface area (Å²) in [5.41, 5.74) is 0. The van der Waals surface area contributed by atoms with Crippen LogP contribution in [0, 0.1) is 0 Å². The molecule has 0 aliphatic heterocycles. The number of halogens is 2. The number of ether oxygens (including phenoxy) is 2. The number of hydrogen-bond acceptors (Lipinski definition) is 4. The number of nitrogens with zero attached hydrogens (tertiary/aromatic N) is 1. The maximum Gasteiger partial charge on any atom is 0.261 e. The van der Waals surface area contributed by atoms with E-state index in [1.54, 1.807) is 7.11 Å². The lowest BCUT2D eigenvalue weighted by Gasteiger charge is -2.16. The largest absolute Gasteiger partial charge is 0.383 e. The number of hydrogen-bond donors (Lipinski definition) is 1. The first-order valence-corrected chi connectivity index (χ1v) is 5.91. The number of nitrogens with one attached hydrogen (secondary N) is 1. The van der Waals surface area contributed by atoms with Crippen molar-refractivity contribution >= 4 is 0 Å². The maximum absolute atomic E-state index is 11.7. The first-order valence-electron chi connectivity index (χ1n) is 5.91. The van der Waals surface area contributed by atoms with E-state index in [-0.39, 0.29) is 0 Å². The van der Waals surface area contributed by atoms with Crippen LogP contribution < -0.4 is 5.32 Å². The standard InChI is InChI=1S/C11H24F2N2O2/c1-15(7-4-14-5-9-16-2)6-3-8-17-10-11(12)13/h11,14H,3-10H2,1-2H3. The summed E-state index contributed by atoms with van der Waals surface area (Å²) >= 11 is 0. The summed E-state index contributed by atoms with van der Waals surface area (Å²) in [6.07, 6.45) is -1.58. The van der Waals surface area contributed by atoms with E-state index >= 15 is 0 Å². The normalized spacial score (nSPS) is 11.6. The van der Waals surface area contributed by atoms with E-state index in [9.17, 15) is 8.78 Å². The van der Waals surface area contributed by atoms with Crippen molar-refractivity contribution in [3.8, 4) is 0 Å². The van der Waals surface area contributed by atoms with Crippen LogP contribution in [0.3, 0.4) is 0 Å². The molecule has 17 heavy (non-hydrogen) atoms. The van der Waals surface area contributed by atoms with Crippen molar-refractivity contribution in [2.24, 2.45) is 0 Å². The highest BCUT2D eigenvalue weighted by Gasteiger charge is 2.02. The number of likely N-dealkylation sites (N-methyl/N-ethyl adjacent to an activating group) is 1. The van der Waals surface area contributed by atoms with Gasteiger partial charge < -0.3 is 19.7 Å². The second-order valence-corrected chi connectivity index (χ2v) is 3.87. The number of rotatable bonds is 12. The van der Waals surface area contributed by atoms with Gasteiger partial charge in [-0.25, -0.2) is 8.78 Å². The SMILES string of the molecule is COCCNCCN(C)CCCOCC(F)F. The summed E-state index contributed by atoms with van der Waals surface area (Å²) in [7, 11) is 3.68. The molecule has 0 fully saturated rings. The second kappa shape index (κ2) is 12.2. The third-order valence-corrected chi connectivity index (χ3v) is 2.23. The molecule has 0 atom stereocenters. The summed E-state index contributed by atoms with van der Waals surface area (Å²) in [6, 6.07) is 0. The predicted molar refractivity (Wildman–Crippen MR) is 63.7 cm³/mol. The van der Waals surface area contributed by atoms with Gasteiger partial charge in [0, 0.05) is 39.9 Å². The highest BCUT2D eigenvalue weighted by molar-refractivity contribution is 4.55. The van der Waals surface area contributed by atoms with Crippen LogP contribution in [0.25, 0.3) is 0 Å². The van der Waals surface area contributed by atoms with Gasteiger partial charge in [0.15, 0.2) is 0 Å². The Kier molecular flexibility index (Phi) is 12.0. The zero-order valence-corrected chi connectivity index (χ0v) is 10.8. The monoisotopic (exact) mass is 254 g/mol. The molecule has 1 N–H and O–H groups in total. The Balaban J connectivity index is 3.14. The fourth-order valence-electron chi connectivity index (χ4n) is 1.29. The van der Waals surface area contributed by atoms with Gasteiger partial charge in [0.2, 0.25) is 0 Å². The zero-order chi connectivity index (χ0) is 12.9. The molecule has 4 nitrogen and oxygen atoms in total. The van der Waals surface area contributed by atoms with E-state index in [2.05, 4.69) is 10.2 Å². The number of methoxy groups -OCH3 is 1. The molecule has 104 valence electrons. The van der Waals surface area contributed by atoms with Gasteiger partial charge in [0.1, 0.15) is 6.61 Å². The molecule has 0 bridgehead atoms. The Labute approximate surface area is 102 Å². The van der Waals surface area contributed by atoms with Crippen LogP contribution in [0.2, 0.25) is 0 Å². The molecule has 0 aromatic heterocycles. The highest BCUT2D eigenvalue weighted by atomic mass is 19.3. The Morgan fingerprint density at radius 2 is 1.94 bits per heavy atom. The third kappa shape index (κ3) is 13.6. The van der Waals surface area contributed by atoms with Gasteiger partial charge in [-0.1, -0.05) is 0 Å². The minimum absolute atomic E-state index is 0.395. The van der Waals surface area contributed by atoms with E-state index < -0.39 is 13.0 Å². The van der Waals surface area contributed by atoms with Crippen LogP contribution >= 0.6 is 0 Å². The molecular formula is C11H24F2N2O2. The molecule has 0 aromatic rings. The molecule has 0 aromatic carbocycles. The molecule has 0 saturated carbocycles. The minimum Gasteiger partial charge on any atom is -0.383 e. The van der Waals surface area contributed by atoms with Crippen LogP contribution in [-0.4, -0.2) is 71.5 Å². The van der Waals surface area contributed by atoms with E-state index in [0.29, 0.717) is 13.2 Å². The fourth-order valence-corrected chi connectivity index (χ4v) is 1.29. The summed E-state index contributed by atoms with van der Waals surface area (Å²) < 4.78 is 33.2. The van der Waals surface area contributed by atoms with Gasteiger partial charge in [-0.15, -0.1) is 0 Å². The van der Waals surface area contributed by atoms with E-state index in [1.165, 1.54) is 0 Å². The summed E-state index contributed by atoms with van der Waals surface area (Å²) in [6.45, 7) is 4.19. The molecule has 0 unspecified atom stereocenters. The van der Waals surface area contributed by atoms with Gasteiger partial charge in [0.05, 0.1) is 6.61 Å². The van der Waals surface area contributed by atoms with Crippen molar-refractivity contribution < 1.29 is 18.3 Å². The van der Waals surface area contributed by atoms with Crippen molar-refractivity contribution in [2.75, 3.05) is 60.2 Å². The molecule has 0 aliphatic carbocycles. The fraction of sp³-hybridized carbons (Fsp3) is 1.00. The van der Waals surface area contributed by atoms with Crippen molar-refractivity contribution in [1.82, 2.24) is 10.2 Å². The molecule has 0 saturated heterocycles. The van der Waals surface area contributed by atoms with Crippen molar-refractivity contribution in [3.63, 3.8) is 0 Å². The Bertz CT molecular complexity index is 162. The van der Waals surface area contributed by atoms with Crippen molar-refractivity contribution in [2.45, 2.75) is 12.8 Å². The minimum atomic E-state index is -2.36. The van der Waals surface area contributed by atoms with Crippen LogP contribution in [-0.2, 0) is 9.47 Å². The lowest BCUT2D eigenvalue weighted by Crippen LogP contribution is -2.31. The lowest BCUT2D eigenvalue weighted by molar-refractivity contribution is 0.0150. The average Bonchev–Trinajstić information content (AvgIpc) is 2.28. The molecule has 6 heteroatoms. The molecule has 0 aliphatic rings. The van der Waals surface area contributed by atoms with Crippen molar-refractivity contribution in [1.29, 1.82) is 0 Å². The Hall–Kier alpha value is -0.300. The topological polar surface area (TPSA) is 33.7 Å². The summed E-state index contributed by atoms with van der Waals surface area (Å²) in [4.78, 5) is 2.14. The van der Waals surface area contributed by atoms with Crippen LogP contribution in [0.1, 0.15) is 6.42 Å². The zero-order valence-electron chi connectivity index (χ0n) is 10.8. The van der Waals surface area contributed by atoms with Gasteiger partial charge >= 0.3 is 0 Å². The molecule has 0 rings (SSSR count). The van der Waals surface area contributed by atoms with Crippen molar-refractivity contribution in [3.05, 3.63) is 0 Å².